The summed E-state index contributed by atoms with van der Waals surface area (Å²) in [6, 6.07) is 12.2. The minimum absolute atomic E-state index is 0.0363. The van der Waals surface area contributed by atoms with Gasteiger partial charge in [-0.15, -0.1) is 0 Å². The maximum absolute atomic E-state index is 12.1. The van der Waals surface area contributed by atoms with Crippen molar-refractivity contribution in [1.82, 2.24) is 15.4 Å². The van der Waals surface area contributed by atoms with Gasteiger partial charge in [0.05, 0.1) is 16.4 Å². The first-order valence-electron chi connectivity index (χ1n) is 7.52. The van der Waals surface area contributed by atoms with Crippen LogP contribution in [0.5, 0.6) is 0 Å². The molecule has 0 saturated heterocycles. The topological polar surface area (TPSA) is 84.9 Å². The normalized spacial score (nSPS) is 12.5. The third-order valence-corrected chi connectivity index (χ3v) is 5.09. The fourth-order valence-corrected chi connectivity index (χ4v) is 3.15. The Hall–Kier alpha value is -2.54. The van der Waals surface area contributed by atoms with Crippen LogP contribution in [0.15, 0.2) is 47.4 Å². The SMILES string of the molecule is CC(C)[S@@](=O)c1ccc(C(=O)OCc2ccc3n[nH]nc3c2)cc1. The van der Waals surface area contributed by atoms with E-state index in [4.69, 9.17) is 4.74 Å². The van der Waals surface area contributed by atoms with Crippen LogP contribution < -0.4 is 0 Å². The van der Waals surface area contributed by atoms with Crippen LogP contribution in [0.4, 0.5) is 0 Å². The number of carbonyl (C=O) groups is 1. The summed E-state index contributed by atoms with van der Waals surface area (Å²) < 4.78 is 17.3. The second-order valence-corrected chi connectivity index (χ2v) is 7.60. The molecule has 0 unspecified atom stereocenters. The summed E-state index contributed by atoms with van der Waals surface area (Å²) >= 11 is 0. The fourth-order valence-electron chi connectivity index (χ4n) is 2.21. The lowest BCUT2D eigenvalue weighted by Crippen LogP contribution is -2.08. The highest BCUT2D eigenvalue weighted by Gasteiger charge is 2.12. The number of benzene rings is 2. The lowest BCUT2D eigenvalue weighted by Gasteiger charge is -2.07. The average Bonchev–Trinajstić information content (AvgIpc) is 3.06. The van der Waals surface area contributed by atoms with Gasteiger partial charge in [-0.25, -0.2) is 4.79 Å². The van der Waals surface area contributed by atoms with Gasteiger partial charge in [-0.1, -0.05) is 19.9 Å². The number of hydrogen-bond donors (Lipinski definition) is 1. The van der Waals surface area contributed by atoms with E-state index in [-0.39, 0.29) is 11.9 Å². The van der Waals surface area contributed by atoms with Crippen molar-refractivity contribution < 1.29 is 13.7 Å². The molecule has 124 valence electrons. The molecular weight excluding hydrogens is 326 g/mol. The Bertz CT molecular complexity index is 887. The standard InChI is InChI=1S/C17H17N3O3S/c1-11(2)24(22)14-6-4-13(5-7-14)17(21)23-10-12-3-8-15-16(9-12)19-20-18-15/h3-9,11H,10H2,1-2H3,(H,18,19,20)/t24-/m1/s1. The van der Waals surface area contributed by atoms with Crippen LogP contribution in [0.2, 0.25) is 0 Å². The number of esters is 1. The molecule has 1 N–H and O–H groups in total. The molecule has 0 saturated carbocycles. The Balaban J connectivity index is 1.65. The first kappa shape index (κ1) is 16.3. The predicted molar refractivity (Wildman–Crippen MR) is 91.0 cm³/mol. The van der Waals surface area contributed by atoms with Gasteiger partial charge in [0, 0.05) is 10.1 Å². The van der Waals surface area contributed by atoms with E-state index in [9.17, 15) is 9.00 Å². The number of nitrogens with zero attached hydrogens (tertiary/aromatic N) is 2. The number of hydrogen-bond acceptors (Lipinski definition) is 5. The van der Waals surface area contributed by atoms with Crippen molar-refractivity contribution in [3.63, 3.8) is 0 Å². The zero-order valence-corrected chi connectivity index (χ0v) is 14.2. The smallest absolute Gasteiger partial charge is 0.338 e. The second kappa shape index (κ2) is 6.92. The Morgan fingerprint density at radius 1 is 1.12 bits per heavy atom. The lowest BCUT2D eigenvalue weighted by molar-refractivity contribution is 0.0472. The van der Waals surface area contributed by atoms with Gasteiger partial charge >= 0.3 is 5.97 Å². The van der Waals surface area contributed by atoms with E-state index in [0.717, 1.165) is 16.6 Å². The molecule has 1 atom stereocenters. The molecule has 0 aliphatic carbocycles. The molecule has 0 aliphatic heterocycles. The van der Waals surface area contributed by atoms with Gasteiger partial charge in [0.25, 0.3) is 0 Å². The van der Waals surface area contributed by atoms with Crippen LogP contribution in [0.1, 0.15) is 29.8 Å². The van der Waals surface area contributed by atoms with Gasteiger partial charge in [0.15, 0.2) is 0 Å². The molecule has 3 rings (SSSR count). The molecule has 24 heavy (non-hydrogen) atoms. The zero-order valence-electron chi connectivity index (χ0n) is 13.4. The third kappa shape index (κ3) is 3.51. The molecule has 0 spiro atoms. The van der Waals surface area contributed by atoms with Gasteiger partial charge in [-0.05, 0) is 42.0 Å². The monoisotopic (exact) mass is 343 g/mol. The molecule has 0 fully saturated rings. The first-order valence-corrected chi connectivity index (χ1v) is 8.73. The van der Waals surface area contributed by atoms with E-state index < -0.39 is 16.8 Å². The van der Waals surface area contributed by atoms with Crippen molar-refractivity contribution in [3.8, 4) is 0 Å². The number of H-pyrrole nitrogens is 1. The number of aromatic amines is 1. The number of nitrogens with one attached hydrogen (secondary N) is 1. The molecule has 0 amide bonds. The molecule has 1 heterocycles. The highest BCUT2D eigenvalue weighted by atomic mass is 32.2. The molecule has 0 bridgehead atoms. The van der Waals surface area contributed by atoms with E-state index in [1.54, 1.807) is 24.3 Å². The summed E-state index contributed by atoms with van der Waals surface area (Å²) in [5, 5.41) is 10.5. The molecule has 3 aromatic rings. The van der Waals surface area contributed by atoms with Crippen molar-refractivity contribution in [2.45, 2.75) is 30.6 Å². The van der Waals surface area contributed by atoms with Crippen LogP contribution in [0, 0.1) is 0 Å². The van der Waals surface area contributed by atoms with E-state index in [2.05, 4.69) is 15.4 Å². The summed E-state index contributed by atoms with van der Waals surface area (Å²) in [7, 11) is -1.07. The first-order chi connectivity index (χ1) is 11.5. The third-order valence-electron chi connectivity index (χ3n) is 3.50. The Kier molecular flexibility index (Phi) is 4.71. The molecular formula is C17H17N3O3S. The van der Waals surface area contributed by atoms with Crippen molar-refractivity contribution in [3.05, 3.63) is 53.6 Å². The van der Waals surface area contributed by atoms with E-state index in [1.165, 1.54) is 0 Å². The number of aromatic nitrogens is 3. The number of ether oxygens (including phenoxy) is 1. The predicted octanol–water partition coefficient (Wildman–Crippen LogP) is 2.83. The lowest BCUT2D eigenvalue weighted by atomic mass is 10.2. The highest BCUT2D eigenvalue weighted by molar-refractivity contribution is 7.85. The van der Waals surface area contributed by atoms with Gasteiger partial charge < -0.3 is 4.74 Å². The maximum Gasteiger partial charge on any atom is 0.338 e. The van der Waals surface area contributed by atoms with E-state index >= 15 is 0 Å². The maximum atomic E-state index is 12.1. The summed E-state index contributed by atoms with van der Waals surface area (Å²) in [6.45, 7) is 3.94. The molecule has 2 aromatic carbocycles. The van der Waals surface area contributed by atoms with Gasteiger partial charge in [-0.2, -0.15) is 15.4 Å². The Morgan fingerprint density at radius 3 is 2.54 bits per heavy atom. The fraction of sp³-hybridized carbons (Fsp3) is 0.235. The quantitative estimate of drug-likeness (QED) is 0.720. The minimum atomic E-state index is -1.07. The zero-order chi connectivity index (χ0) is 17.1. The summed E-state index contributed by atoms with van der Waals surface area (Å²) in [6.07, 6.45) is 0. The summed E-state index contributed by atoms with van der Waals surface area (Å²) in [5.74, 6) is -0.419. The average molecular weight is 343 g/mol. The number of fused-ring (bicyclic) bond motifs is 1. The minimum Gasteiger partial charge on any atom is -0.457 e. The van der Waals surface area contributed by atoms with Crippen LogP contribution in [-0.4, -0.2) is 30.8 Å². The van der Waals surface area contributed by atoms with E-state index in [1.807, 2.05) is 32.0 Å². The van der Waals surface area contributed by atoms with Crippen molar-refractivity contribution >= 4 is 27.8 Å². The van der Waals surface area contributed by atoms with Crippen molar-refractivity contribution in [1.29, 1.82) is 0 Å². The Morgan fingerprint density at radius 2 is 1.83 bits per heavy atom. The van der Waals surface area contributed by atoms with Gasteiger partial charge in [0.1, 0.15) is 17.6 Å². The highest BCUT2D eigenvalue weighted by Crippen LogP contribution is 2.15. The largest absolute Gasteiger partial charge is 0.457 e. The van der Waals surface area contributed by atoms with Crippen molar-refractivity contribution in [2.75, 3.05) is 0 Å². The van der Waals surface area contributed by atoms with Crippen LogP contribution in [0.25, 0.3) is 11.0 Å². The van der Waals surface area contributed by atoms with Crippen LogP contribution in [-0.2, 0) is 22.1 Å². The number of rotatable bonds is 5. The number of carbonyl (C=O) groups excluding carboxylic acids is 1. The van der Waals surface area contributed by atoms with Gasteiger partial charge in [0.2, 0.25) is 0 Å². The van der Waals surface area contributed by atoms with E-state index in [0.29, 0.717) is 10.5 Å². The molecule has 1 aromatic heterocycles. The molecule has 6 nitrogen and oxygen atoms in total. The van der Waals surface area contributed by atoms with Crippen LogP contribution in [0.3, 0.4) is 0 Å². The second-order valence-electron chi connectivity index (χ2n) is 5.59. The summed E-state index contributed by atoms with van der Waals surface area (Å²) in [5.41, 5.74) is 2.76. The Labute approximate surface area is 141 Å². The van der Waals surface area contributed by atoms with Crippen molar-refractivity contribution in [2.24, 2.45) is 0 Å². The molecule has 7 heteroatoms. The molecule has 0 radical (unpaired) electrons. The van der Waals surface area contributed by atoms with Crippen LogP contribution >= 0.6 is 0 Å². The molecule has 0 aliphatic rings. The van der Waals surface area contributed by atoms with Gasteiger partial charge in [-0.3, -0.25) is 4.21 Å². The summed E-state index contributed by atoms with van der Waals surface area (Å²) in [4.78, 5) is 12.8.